The van der Waals surface area contributed by atoms with E-state index in [4.69, 9.17) is 9.15 Å². The van der Waals surface area contributed by atoms with E-state index in [0.29, 0.717) is 46.8 Å². The summed E-state index contributed by atoms with van der Waals surface area (Å²) in [6.45, 7) is 5.31. The normalized spacial score (nSPS) is 11.1. The Labute approximate surface area is 210 Å². The summed E-state index contributed by atoms with van der Waals surface area (Å²) in [5.74, 6) is 0.745. The van der Waals surface area contributed by atoms with E-state index >= 15 is 0 Å². The molecule has 0 fully saturated rings. The summed E-state index contributed by atoms with van der Waals surface area (Å²) < 4.78 is 12.2. The Hall–Kier alpha value is -3.37. The molecule has 4 aromatic rings. The van der Waals surface area contributed by atoms with Crippen LogP contribution < -0.4 is 15.7 Å². The number of hydrogen-bond donors (Lipinski definition) is 1. The summed E-state index contributed by atoms with van der Waals surface area (Å²) in [6.07, 6.45) is 0.0176. The van der Waals surface area contributed by atoms with Gasteiger partial charge in [0.05, 0.1) is 29.5 Å². The minimum atomic E-state index is -0.524. The van der Waals surface area contributed by atoms with Gasteiger partial charge in [0.2, 0.25) is 11.8 Å². The average molecular weight is 512 g/mol. The Bertz CT molecular complexity index is 1440. The third kappa shape index (κ3) is 5.83. The van der Waals surface area contributed by atoms with Crippen LogP contribution in [0.2, 0.25) is 0 Å². The molecule has 1 N–H and O–H groups in total. The molecule has 0 bridgehead atoms. The van der Waals surface area contributed by atoms with Gasteiger partial charge in [-0.05, 0) is 49.7 Å². The molecule has 182 valence electrons. The van der Waals surface area contributed by atoms with E-state index in [1.807, 2.05) is 26.0 Å². The van der Waals surface area contributed by atoms with E-state index in [1.54, 1.807) is 29.2 Å². The number of amides is 2. The van der Waals surface area contributed by atoms with E-state index < -0.39 is 5.63 Å². The lowest BCUT2D eigenvalue weighted by Crippen LogP contribution is -2.31. The SMILES string of the molecule is CCN(CC)C(=O)CSc1nc2ccc(NC(=O)Cc3cc(=O)oc4cc(OC)ccc34)cc2s1. The zero-order chi connectivity index (χ0) is 24.9. The van der Waals surface area contributed by atoms with Crippen molar-refractivity contribution in [3.8, 4) is 5.75 Å². The second-order valence-electron chi connectivity index (χ2n) is 7.69. The highest BCUT2D eigenvalue weighted by Gasteiger charge is 2.14. The number of carbonyl (C=O) groups is 2. The van der Waals surface area contributed by atoms with Crippen LogP contribution in [0.5, 0.6) is 5.75 Å². The fourth-order valence-electron chi connectivity index (χ4n) is 3.70. The highest BCUT2D eigenvalue weighted by molar-refractivity contribution is 8.01. The van der Waals surface area contributed by atoms with Gasteiger partial charge in [-0.3, -0.25) is 9.59 Å². The number of methoxy groups -OCH3 is 1. The molecule has 10 heteroatoms. The van der Waals surface area contributed by atoms with Crippen LogP contribution >= 0.6 is 23.1 Å². The van der Waals surface area contributed by atoms with Crippen LogP contribution in [0, 0.1) is 0 Å². The molecule has 2 aromatic carbocycles. The van der Waals surface area contributed by atoms with E-state index in [1.165, 1.54) is 36.3 Å². The number of anilines is 1. The number of fused-ring (bicyclic) bond motifs is 2. The summed E-state index contributed by atoms with van der Waals surface area (Å²) in [5, 5.41) is 3.57. The average Bonchev–Trinajstić information content (AvgIpc) is 3.25. The summed E-state index contributed by atoms with van der Waals surface area (Å²) in [7, 11) is 1.53. The van der Waals surface area contributed by atoms with Crippen LogP contribution in [-0.4, -0.2) is 47.7 Å². The number of nitrogens with one attached hydrogen (secondary N) is 1. The van der Waals surface area contributed by atoms with Crippen molar-refractivity contribution in [3.05, 3.63) is 58.4 Å². The summed E-state index contributed by atoms with van der Waals surface area (Å²) in [5.41, 5.74) is 1.87. The molecule has 35 heavy (non-hydrogen) atoms. The second kappa shape index (κ2) is 10.9. The molecule has 2 amide bonds. The van der Waals surface area contributed by atoms with Gasteiger partial charge in [-0.25, -0.2) is 9.78 Å². The number of carbonyl (C=O) groups excluding carboxylic acids is 2. The van der Waals surface area contributed by atoms with Gasteiger partial charge in [0, 0.05) is 36.3 Å². The first kappa shape index (κ1) is 24.7. The van der Waals surface area contributed by atoms with E-state index in [9.17, 15) is 14.4 Å². The Kier molecular flexibility index (Phi) is 7.72. The smallest absolute Gasteiger partial charge is 0.336 e. The topological polar surface area (TPSA) is 102 Å². The molecule has 2 heterocycles. The van der Waals surface area contributed by atoms with Crippen molar-refractivity contribution in [2.24, 2.45) is 0 Å². The highest BCUT2D eigenvalue weighted by Crippen LogP contribution is 2.31. The summed E-state index contributed by atoms with van der Waals surface area (Å²) in [6, 6.07) is 12.0. The van der Waals surface area contributed by atoms with Crippen molar-refractivity contribution in [3.63, 3.8) is 0 Å². The monoisotopic (exact) mass is 511 g/mol. The van der Waals surface area contributed by atoms with Crippen molar-refractivity contribution in [2.75, 3.05) is 31.3 Å². The lowest BCUT2D eigenvalue weighted by Gasteiger charge is -2.17. The fourth-order valence-corrected chi connectivity index (χ4v) is 5.71. The van der Waals surface area contributed by atoms with Crippen molar-refractivity contribution in [1.82, 2.24) is 9.88 Å². The number of aromatic nitrogens is 1. The Morgan fingerprint density at radius 3 is 2.69 bits per heavy atom. The molecule has 0 aliphatic heterocycles. The molecule has 0 aliphatic carbocycles. The Balaban J connectivity index is 1.46. The van der Waals surface area contributed by atoms with Crippen LogP contribution in [0.3, 0.4) is 0 Å². The van der Waals surface area contributed by atoms with Gasteiger partial charge >= 0.3 is 5.63 Å². The number of ether oxygens (including phenoxy) is 1. The van der Waals surface area contributed by atoms with Crippen molar-refractivity contribution in [1.29, 1.82) is 0 Å². The maximum absolute atomic E-state index is 12.8. The van der Waals surface area contributed by atoms with Gasteiger partial charge in [-0.15, -0.1) is 11.3 Å². The molecule has 8 nitrogen and oxygen atoms in total. The van der Waals surface area contributed by atoms with Gasteiger partial charge in [-0.1, -0.05) is 11.8 Å². The maximum Gasteiger partial charge on any atom is 0.336 e. The minimum Gasteiger partial charge on any atom is -0.497 e. The number of thioether (sulfide) groups is 1. The third-order valence-corrected chi connectivity index (χ3v) is 7.62. The van der Waals surface area contributed by atoms with Crippen LogP contribution in [-0.2, 0) is 16.0 Å². The molecule has 0 radical (unpaired) electrons. The highest BCUT2D eigenvalue weighted by atomic mass is 32.2. The van der Waals surface area contributed by atoms with Gasteiger partial charge < -0.3 is 19.4 Å². The lowest BCUT2D eigenvalue weighted by atomic mass is 10.1. The largest absolute Gasteiger partial charge is 0.497 e. The molecule has 0 spiro atoms. The first-order valence-electron chi connectivity index (χ1n) is 11.1. The van der Waals surface area contributed by atoms with E-state index in [2.05, 4.69) is 10.3 Å². The molecule has 0 saturated carbocycles. The van der Waals surface area contributed by atoms with Crippen LogP contribution in [0.25, 0.3) is 21.2 Å². The minimum absolute atomic E-state index is 0.0176. The zero-order valence-corrected chi connectivity index (χ0v) is 21.3. The predicted molar refractivity (Wildman–Crippen MR) is 140 cm³/mol. The number of rotatable bonds is 9. The van der Waals surface area contributed by atoms with E-state index in [0.717, 1.165) is 14.6 Å². The molecule has 0 unspecified atom stereocenters. The molecule has 0 aliphatic rings. The van der Waals surface area contributed by atoms with Crippen LogP contribution in [0.1, 0.15) is 19.4 Å². The molecule has 0 atom stereocenters. The van der Waals surface area contributed by atoms with Gasteiger partial charge in [0.15, 0.2) is 4.34 Å². The zero-order valence-electron chi connectivity index (χ0n) is 19.6. The molecule has 0 saturated heterocycles. The first-order valence-corrected chi connectivity index (χ1v) is 12.9. The standard InChI is InChI=1S/C25H25N3O5S2/c1-4-28(5-2)23(30)14-34-25-27-19-9-6-16(12-21(19)35-25)26-22(29)10-15-11-24(31)33-20-13-17(32-3)7-8-18(15)20/h6-9,11-13H,4-5,10,14H2,1-3H3,(H,26,29). The first-order chi connectivity index (χ1) is 16.9. The quantitative estimate of drug-likeness (QED) is 0.260. The van der Waals surface area contributed by atoms with Crippen molar-refractivity contribution >= 4 is 61.8 Å². The predicted octanol–water partition coefficient (Wildman–Crippen LogP) is 4.55. The second-order valence-corrected chi connectivity index (χ2v) is 9.95. The van der Waals surface area contributed by atoms with Crippen molar-refractivity contribution < 1.29 is 18.7 Å². The molecular formula is C25H25N3O5S2. The van der Waals surface area contributed by atoms with Gasteiger partial charge in [0.25, 0.3) is 0 Å². The number of hydrogen-bond acceptors (Lipinski definition) is 8. The maximum atomic E-state index is 12.8. The van der Waals surface area contributed by atoms with Gasteiger partial charge in [-0.2, -0.15) is 0 Å². The molecule has 2 aromatic heterocycles. The van der Waals surface area contributed by atoms with Crippen LogP contribution in [0.4, 0.5) is 5.69 Å². The lowest BCUT2D eigenvalue weighted by molar-refractivity contribution is -0.128. The molecular weight excluding hydrogens is 486 g/mol. The van der Waals surface area contributed by atoms with Crippen LogP contribution in [0.15, 0.2) is 56.0 Å². The molecule has 4 rings (SSSR count). The fraction of sp³-hybridized carbons (Fsp3) is 0.280. The number of benzene rings is 2. The summed E-state index contributed by atoms with van der Waals surface area (Å²) in [4.78, 5) is 43.4. The summed E-state index contributed by atoms with van der Waals surface area (Å²) >= 11 is 2.90. The number of nitrogens with zero attached hydrogens (tertiary/aromatic N) is 2. The Morgan fingerprint density at radius 1 is 1.14 bits per heavy atom. The third-order valence-electron chi connectivity index (χ3n) is 5.48. The van der Waals surface area contributed by atoms with Crippen molar-refractivity contribution in [2.45, 2.75) is 24.6 Å². The van der Waals surface area contributed by atoms with Gasteiger partial charge in [0.1, 0.15) is 11.3 Å². The number of thiazole rings is 1. The van der Waals surface area contributed by atoms with E-state index in [-0.39, 0.29) is 18.2 Å². The Morgan fingerprint density at radius 2 is 1.94 bits per heavy atom.